The zero-order chi connectivity index (χ0) is 22.9. The lowest BCUT2D eigenvalue weighted by Gasteiger charge is -2.20. The van der Waals surface area contributed by atoms with E-state index >= 15 is 0 Å². The lowest BCUT2D eigenvalue weighted by atomic mass is 10.1. The number of fused-ring (bicyclic) bond motifs is 1. The first-order valence-corrected chi connectivity index (χ1v) is 11.8. The Kier molecular flexibility index (Phi) is 5.94. The summed E-state index contributed by atoms with van der Waals surface area (Å²) in [6, 6.07) is 13.9. The van der Waals surface area contributed by atoms with E-state index in [2.05, 4.69) is 5.32 Å². The number of carbonyl (C=O) groups excluding carboxylic acids is 1. The Morgan fingerprint density at radius 1 is 1.03 bits per heavy atom. The summed E-state index contributed by atoms with van der Waals surface area (Å²) in [5.74, 6) is 1.25. The van der Waals surface area contributed by atoms with Crippen LogP contribution in [0.1, 0.15) is 27.3 Å². The average molecular weight is 456 g/mol. The van der Waals surface area contributed by atoms with Crippen LogP contribution in [0.2, 0.25) is 0 Å². The Balaban J connectivity index is 1.45. The molecule has 4 rings (SSSR count). The molecule has 3 aromatic rings. The molecule has 0 radical (unpaired) electrons. The maximum Gasteiger partial charge on any atom is 0.253 e. The zero-order valence-corrected chi connectivity index (χ0v) is 18.7. The summed E-state index contributed by atoms with van der Waals surface area (Å²) in [7, 11) is -3.71. The highest BCUT2D eigenvalue weighted by molar-refractivity contribution is 7.89. The second-order valence-corrected chi connectivity index (χ2v) is 9.20. The number of amides is 1. The third-order valence-electron chi connectivity index (χ3n) is 5.41. The van der Waals surface area contributed by atoms with Gasteiger partial charge in [0.15, 0.2) is 11.5 Å². The van der Waals surface area contributed by atoms with Gasteiger partial charge in [0.25, 0.3) is 5.91 Å². The average Bonchev–Trinajstić information content (AvgIpc) is 3.07. The first-order chi connectivity index (χ1) is 15.2. The predicted octanol–water partition coefficient (Wildman–Crippen LogP) is 2.49. The number of aromatic nitrogens is 1. The summed E-state index contributed by atoms with van der Waals surface area (Å²) in [5.41, 5.74) is 4.16. The standard InChI is InChI=1S/C23H25N3O5S/c1-15-13-20(16(2)26(15)18-5-8-21-22(14-18)31-12-11-30-21)23(27)25-10-9-17-3-6-19(7-4-17)32(24,28)29/h3-8,13-14H,9-12H2,1-2H3,(H,25,27)(H2,24,28,29). The van der Waals surface area contributed by atoms with Gasteiger partial charge in [0.05, 0.1) is 10.5 Å². The van der Waals surface area contributed by atoms with E-state index < -0.39 is 10.0 Å². The highest BCUT2D eigenvalue weighted by atomic mass is 32.2. The quantitative estimate of drug-likeness (QED) is 0.593. The lowest BCUT2D eigenvalue weighted by molar-refractivity contribution is 0.0953. The first-order valence-electron chi connectivity index (χ1n) is 10.2. The van der Waals surface area contributed by atoms with Gasteiger partial charge in [0.2, 0.25) is 10.0 Å². The van der Waals surface area contributed by atoms with Gasteiger partial charge in [0, 0.05) is 29.7 Å². The molecule has 0 aliphatic carbocycles. The van der Waals surface area contributed by atoms with Gasteiger partial charge in [-0.3, -0.25) is 4.79 Å². The SMILES string of the molecule is Cc1cc(C(=O)NCCc2ccc(S(N)(=O)=O)cc2)c(C)n1-c1ccc2c(c1)OCCO2. The number of aryl methyl sites for hydroxylation is 1. The summed E-state index contributed by atoms with van der Waals surface area (Å²) in [6.45, 7) is 5.33. The van der Waals surface area contributed by atoms with E-state index in [4.69, 9.17) is 14.6 Å². The second-order valence-electron chi connectivity index (χ2n) is 7.64. The van der Waals surface area contributed by atoms with Gasteiger partial charge in [-0.25, -0.2) is 13.6 Å². The van der Waals surface area contributed by atoms with Crippen molar-refractivity contribution in [3.8, 4) is 17.2 Å². The van der Waals surface area contributed by atoms with Crippen LogP contribution in [0.4, 0.5) is 0 Å². The van der Waals surface area contributed by atoms with Crippen molar-refractivity contribution in [2.24, 2.45) is 5.14 Å². The number of benzene rings is 2. The fourth-order valence-corrected chi connectivity index (χ4v) is 4.34. The number of nitrogens with two attached hydrogens (primary N) is 1. The van der Waals surface area contributed by atoms with E-state index in [1.807, 2.05) is 42.7 Å². The highest BCUT2D eigenvalue weighted by Gasteiger charge is 2.19. The molecule has 0 atom stereocenters. The molecule has 2 aromatic carbocycles. The van der Waals surface area contributed by atoms with Crippen molar-refractivity contribution in [1.82, 2.24) is 9.88 Å². The van der Waals surface area contributed by atoms with Crippen molar-refractivity contribution in [3.05, 3.63) is 71.0 Å². The van der Waals surface area contributed by atoms with Gasteiger partial charge in [-0.05, 0) is 56.2 Å². The molecule has 1 aliphatic heterocycles. The van der Waals surface area contributed by atoms with Gasteiger partial charge < -0.3 is 19.4 Å². The largest absolute Gasteiger partial charge is 0.486 e. The molecular formula is C23H25N3O5S. The summed E-state index contributed by atoms with van der Waals surface area (Å²) in [4.78, 5) is 12.9. The maximum absolute atomic E-state index is 12.8. The van der Waals surface area contributed by atoms with Crippen LogP contribution in [0.5, 0.6) is 11.5 Å². The van der Waals surface area contributed by atoms with Gasteiger partial charge in [-0.2, -0.15) is 0 Å². The normalized spacial score (nSPS) is 13.1. The summed E-state index contributed by atoms with van der Waals surface area (Å²) in [6.07, 6.45) is 0.567. The Morgan fingerprint density at radius 3 is 2.41 bits per heavy atom. The van der Waals surface area contributed by atoms with Crippen molar-refractivity contribution < 1.29 is 22.7 Å². The number of rotatable bonds is 6. The zero-order valence-electron chi connectivity index (χ0n) is 17.9. The molecule has 1 aromatic heterocycles. The molecule has 0 bridgehead atoms. The molecule has 0 unspecified atom stereocenters. The number of ether oxygens (including phenoxy) is 2. The maximum atomic E-state index is 12.8. The minimum atomic E-state index is -3.71. The Hall–Kier alpha value is -3.30. The van der Waals surface area contributed by atoms with Crippen molar-refractivity contribution >= 4 is 15.9 Å². The highest BCUT2D eigenvalue weighted by Crippen LogP contribution is 2.33. The molecule has 1 amide bonds. The van der Waals surface area contributed by atoms with Crippen LogP contribution in [0, 0.1) is 13.8 Å². The minimum Gasteiger partial charge on any atom is -0.486 e. The molecule has 8 nitrogen and oxygen atoms in total. The van der Waals surface area contributed by atoms with E-state index in [1.165, 1.54) is 12.1 Å². The molecule has 0 saturated heterocycles. The molecule has 0 spiro atoms. The van der Waals surface area contributed by atoms with E-state index in [1.54, 1.807) is 12.1 Å². The summed E-state index contributed by atoms with van der Waals surface area (Å²) < 4.78 is 36.0. The molecule has 0 saturated carbocycles. The van der Waals surface area contributed by atoms with Crippen LogP contribution in [-0.2, 0) is 16.4 Å². The number of nitrogens with one attached hydrogen (secondary N) is 1. The van der Waals surface area contributed by atoms with Crippen LogP contribution in [0.3, 0.4) is 0 Å². The predicted molar refractivity (Wildman–Crippen MR) is 120 cm³/mol. The lowest BCUT2D eigenvalue weighted by Crippen LogP contribution is -2.26. The van der Waals surface area contributed by atoms with Gasteiger partial charge in [-0.15, -0.1) is 0 Å². The third-order valence-corrected chi connectivity index (χ3v) is 6.34. The van der Waals surface area contributed by atoms with Crippen molar-refractivity contribution in [3.63, 3.8) is 0 Å². The monoisotopic (exact) mass is 455 g/mol. The fourth-order valence-electron chi connectivity index (χ4n) is 3.82. The van der Waals surface area contributed by atoms with Gasteiger partial charge in [0.1, 0.15) is 13.2 Å². The van der Waals surface area contributed by atoms with E-state index in [0.717, 1.165) is 28.4 Å². The molecule has 3 N–H and O–H groups in total. The van der Waals surface area contributed by atoms with Crippen LogP contribution >= 0.6 is 0 Å². The molecule has 2 heterocycles. The van der Waals surface area contributed by atoms with Crippen LogP contribution in [0.15, 0.2) is 53.4 Å². The van der Waals surface area contributed by atoms with E-state index in [-0.39, 0.29) is 10.8 Å². The van der Waals surface area contributed by atoms with Crippen molar-refractivity contribution in [2.45, 2.75) is 25.2 Å². The van der Waals surface area contributed by atoms with Crippen molar-refractivity contribution in [2.75, 3.05) is 19.8 Å². The molecular weight excluding hydrogens is 430 g/mol. The molecule has 32 heavy (non-hydrogen) atoms. The van der Waals surface area contributed by atoms with Crippen molar-refractivity contribution in [1.29, 1.82) is 0 Å². The third kappa shape index (κ3) is 4.49. The Morgan fingerprint density at radius 2 is 1.72 bits per heavy atom. The van der Waals surface area contributed by atoms with E-state index in [0.29, 0.717) is 37.5 Å². The van der Waals surface area contributed by atoms with E-state index in [9.17, 15) is 13.2 Å². The molecule has 0 fully saturated rings. The second kappa shape index (κ2) is 8.68. The van der Waals surface area contributed by atoms with Gasteiger partial charge in [-0.1, -0.05) is 12.1 Å². The number of hydrogen-bond donors (Lipinski definition) is 2. The number of sulfonamides is 1. The first kappa shape index (κ1) is 21.9. The number of hydrogen-bond acceptors (Lipinski definition) is 5. The minimum absolute atomic E-state index is 0.0665. The topological polar surface area (TPSA) is 113 Å². The van der Waals surface area contributed by atoms with Gasteiger partial charge >= 0.3 is 0 Å². The number of nitrogens with zero attached hydrogens (tertiary/aromatic N) is 1. The summed E-state index contributed by atoms with van der Waals surface area (Å²) in [5, 5.41) is 8.05. The fraction of sp³-hybridized carbons (Fsp3) is 0.261. The number of carbonyl (C=O) groups is 1. The molecule has 168 valence electrons. The Labute approximate surface area is 187 Å². The van der Waals surface area contributed by atoms with Crippen LogP contribution in [-0.4, -0.2) is 38.7 Å². The van der Waals surface area contributed by atoms with Crippen LogP contribution < -0.4 is 19.9 Å². The molecule has 9 heteroatoms. The Bertz CT molecular complexity index is 1260. The number of primary sulfonamides is 1. The molecule has 1 aliphatic rings. The van der Waals surface area contributed by atoms with Crippen LogP contribution in [0.25, 0.3) is 5.69 Å². The smallest absolute Gasteiger partial charge is 0.253 e. The summed E-state index contributed by atoms with van der Waals surface area (Å²) >= 11 is 0.